The van der Waals surface area contributed by atoms with Crippen molar-refractivity contribution in [2.45, 2.75) is 44.5 Å². The van der Waals surface area contributed by atoms with Gasteiger partial charge in [-0.25, -0.2) is 4.79 Å². The highest BCUT2D eigenvalue weighted by molar-refractivity contribution is 5.67. The van der Waals surface area contributed by atoms with Gasteiger partial charge in [0.1, 0.15) is 12.2 Å². The Balaban J connectivity index is 2.13. The van der Waals surface area contributed by atoms with Gasteiger partial charge < -0.3 is 19.3 Å². The van der Waals surface area contributed by atoms with Crippen LogP contribution in [-0.2, 0) is 23.8 Å². The molecule has 5 atom stereocenters. The molecule has 10 heteroatoms. The third-order valence-corrected chi connectivity index (χ3v) is 3.70. The lowest BCUT2D eigenvalue weighted by Gasteiger charge is -2.29. The number of H-pyrrole nitrogens is 1. The molecule has 1 aromatic heterocycles. The van der Waals surface area contributed by atoms with Gasteiger partial charge >= 0.3 is 17.6 Å². The summed E-state index contributed by atoms with van der Waals surface area (Å²) in [7, 11) is 0. The molecule has 3 heterocycles. The number of nitrogens with one attached hydrogen (secondary N) is 1. The monoisotopic (exact) mass is 326 g/mol. The molecule has 23 heavy (non-hydrogen) atoms. The van der Waals surface area contributed by atoms with Crippen LogP contribution in [0.2, 0.25) is 0 Å². The Morgan fingerprint density at radius 2 is 1.83 bits per heavy atom. The molecule has 2 N–H and O–H groups in total. The number of hydrogen-bond acceptors (Lipinski definition) is 8. The van der Waals surface area contributed by atoms with Crippen LogP contribution in [0.1, 0.15) is 31.9 Å². The summed E-state index contributed by atoms with van der Waals surface area (Å²) in [5.41, 5.74) is -1.50. The largest absolute Gasteiger partial charge is 0.455 e. The second-order valence-electron chi connectivity index (χ2n) is 5.32. The minimum Gasteiger partial charge on any atom is -0.455 e. The fourth-order valence-electron chi connectivity index (χ4n) is 2.95. The first-order chi connectivity index (χ1) is 10.8. The standard InChI is InChI=1S/C13H14N2O8/c1-4(16)21-10-9-8(19)6-3-7(18)14-13(20)15(6)12(23-9)11(10)22-5(2)17/h3,8-12,19H,1-2H3,(H,14,18,20)/t8-,9+,10+,11+,12+/m0/s1. The third-order valence-electron chi connectivity index (χ3n) is 3.70. The summed E-state index contributed by atoms with van der Waals surface area (Å²) in [6.45, 7) is 2.31. The first-order valence-electron chi connectivity index (χ1n) is 6.83. The number of nitrogens with zero attached hydrogens (tertiary/aromatic N) is 1. The van der Waals surface area contributed by atoms with E-state index in [0.29, 0.717) is 0 Å². The quantitative estimate of drug-likeness (QED) is 0.616. The van der Waals surface area contributed by atoms with Gasteiger partial charge in [0.15, 0.2) is 18.4 Å². The van der Waals surface area contributed by atoms with Gasteiger partial charge in [-0.3, -0.25) is 23.9 Å². The summed E-state index contributed by atoms with van der Waals surface area (Å²) >= 11 is 0. The molecule has 0 aromatic carbocycles. The number of aromatic amines is 1. The van der Waals surface area contributed by atoms with Crippen LogP contribution in [0.4, 0.5) is 0 Å². The number of rotatable bonds is 2. The van der Waals surface area contributed by atoms with Crippen molar-refractivity contribution < 1.29 is 28.9 Å². The maximum atomic E-state index is 12.0. The summed E-state index contributed by atoms with van der Waals surface area (Å²) in [6, 6.07) is 1.05. The number of ether oxygens (including phenoxy) is 3. The number of hydrogen-bond donors (Lipinski definition) is 2. The lowest BCUT2D eigenvalue weighted by Crippen LogP contribution is -2.42. The average Bonchev–Trinajstić information content (AvgIpc) is 2.71. The molecular weight excluding hydrogens is 312 g/mol. The highest BCUT2D eigenvalue weighted by atomic mass is 16.6. The summed E-state index contributed by atoms with van der Waals surface area (Å²) in [4.78, 5) is 48.2. The summed E-state index contributed by atoms with van der Waals surface area (Å²) < 4.78 is 16.7. The van der Waals surface area contributed by atoms with Crippen LogP contribution in [0.25, 0.3) is 0 Å². The summed E-state index contributed by atoms with van der Waals surface area (Å²) in [5.74, 6) is -1.33. The molecular formula is C13H14N2O8. The number of carbonyl (C=O) groups is 2. The first kappa shape index (κ1) is 15.4. The summed E-state index contributed by atoms with van der Waals surface area (Å²) in [6.07, 6.45) is -5.80. The Hall–Kier alpha value is -2.46. The van der Waals surface area contributed by atoms with Gasteiger partial charge in [-0.05, 0) is 0 Å². The molecule has 0 radical (unpaired) electrons. The van der Waals surface area contributed by atoms with Crippen LogP contribution in [0.3, 0.4) is 0 Å². The molecule has 1 saturated heterocycles. The van der Waals surface area contributed by atoms with E-state index in [4.69, 9.17) is 14.2 Å². The maximum Gasteiger partial charge on any atom is 0.330 e. The SMILES string of the molecule is CC(=O)O[C@H]1[C@@H](OC(C)=O)[C@H]2O[C@@H]1[C@@H](O)c1cc(=O)[nH]c(=O)n12. The molecule has 2 aliphatic rings. The van der Waals surface area contributed by atoms with Crippen molar-refractivity contribution in [2.75, 3.05) is 0 Å². The molecule has 2 bridgehead atoms. The van der Waals surface area contributed by atoms with Gasteiger partial charge in [0.05, 0.1) is 5.69 Å². The van der Waals surface area contributed by atoms with Gasteiger partial charge in [0, 0.05) is 19.9 Å². The number of carbonyl (C=O) groups excluding carboxylic acids is 2. The Morgan fingerprint density at radius 1 is 1.22 bits per heavy atom. The Kier molecular flexibility index (Phi) is 3.57. The molecule has 0 aliphatic carbocycles. The van der Waals surface area contributed by atoms with Crippen LogP contribution >= 0.6 is 0 Å². The molecule has 2 aliphatic heterocycles. The lowest BCUT2D eigenvalue weighted by atomic mass is 10.0. The number of aromatic nitrogens is 2. The number of fused-ring (bicyclic) bond motifs is 4. The Bertz CT molecular complexity index is 781. The van der Waals surface area contributed by atoms with Crippen LogP contribution < -0.4 is 11.2 Å². The normalized spacial score (nSPS) is 31.3. The van der Waals surface area contributed by atoms with Crippen LogP contribution in [0, 0.1) is 0 Å². The predicted octanol–water partition coefficient (Wildman–Crippen LogP) is -1.66. The zero-order valence-corrected chi connectivity index (χ0v) is 12.2. The Morgan fingerprint density at radius 3 is 2.43 bits per heavy atom. The average molecular weight is 326 g/mol. The molecule has 0 saturated carbocycles. The molecule has 1 aromatic rings. The molecule has 0 amide bonds. The fraction of sp³-hybridized carbons (Fsp3) is 0.538. The van der Waals surface area contributed by atoms with E-state index in [2.05, 4.69) is 0 Å². The van der Waals surface area contributed by atoms with Crippen LogP contribution in [0.5, 0.6) is 0 Å². The highest BCUT2D eigenvalue weighted by Gasteiger charge is 2.57. The maximum absolute atomic E-state index is 12.0. The fourth-order valence-corrected chi connectivity index (χ4v) is 2.95. The van der Waals surface area contributed by atoms with E-state index in [1.165, 1.54) is 0 Å². The van der Waals surface area contributed by atoms with Gasteiger partial charge in [0.25, 0.3) is 5.56 Å². The second-order valence-corrected chi connectivity index (χ2v) is 5.32. The number of aliphatic hydroxyl groups is 1. The highest BCUT2D eigenvalue weighted by Crippen LogP contribution is 2.43. The topological polar surface area (TPSA) is 137 Å². The smallest absolute Gasteiger partial charge is 0.330 e. The molecule has 3 rings (SSSR count). The molecule has 10 nitrogen and oxygen atoms in total. The first-order valence-corrected chi connectivity index (χ1v) is 6.83. The van der Waals surface area contributed by atoms with Gasteiger partial charge in [-0.1, -0.05) is 0 Å². The number of esters is 2. The van der Waals surface area contributed by atoms with Crippen molar-refractivity contribution in [1.82, 2.24) is 9.55 Å². The predicted molar refractivity (Wildman–Crippen MR) is 71.3 cm³/mol. The minimum atomic E-state index is -1.40. The van der Waals surface area contributed by atoms with Gasteiger partial charge in [-0.15, -0.1) is 0 Å². The molecule has 0 spiro atoms. The van der Waals surface area contributed by atoms with E-state index >= 15 is 0 Å². The number of aliphatic hydroxyl groups excluding tert-OH is 1. The second kappa shape index (κ2) is 5.32. The summed E-state index contributed by atoms with van der Waals surface area (Å²) in [5, 5.41) is 10.4. The van der Waals surface area contributed by atoms with E-state index in [1.807, 2.05) is 4.98 Å². The van der Waals surface area contributed by atoms with Gasteiger partial charge in [0.2, 0.25) is 0 Å². The van der Waals surface area contributed by atoms with Crippen LogP contribution in [-0.4, -0.2) is 44.9 Å². The van der Waals surface area contributed by atoms with Crippen molar-refractivity contribution in [3.05, 3.63) is 32.6 Å². The van der Waals surface area contributed by atoms with E-state index < -0.39 is 53.8 Å². The third kappa shape index (κ3) is 2.45. The minimum absolute atomic E-state index is 0.00630. The lowest BCUT2D eigenvalue weighted by molar-refractivity contribution is -0.165. The van der Waals surface area contributed by atoms with Gasteiger partial charge in [-0.2, -0.15) is 0 Å². The Labute approximate surface area is 128 Å². The van der Waals surface area contributed by atoms with Crippen molar-refractivity contribution in [2.24, 2.45) is 0 Å². The zero-order chi connectivity index (χ0) is 16.9. The molecule has 0 unspecified atom stereocenters. The van der Waals surface area contributed by atoms with E-state index in [0.717, 1.165) is 24.5 Å². The zero-order valence-electron chi connectivity index (χ0n) is 12.2. The van der Waals surface area contributed by atoms with Crippen molar-refractivity contribution in [3.63, 3.8) is 0 Å². The van der Waals surface area contributed by atoms with E-state index in [1.54, 1.807) is 0 Å². The van der Waals surface area contributed by atoms with Crippen molar-refractivity contribution in [1.29, 1.82) is 0 Å². The van der Waals surface area contributed by atoms with Crippen molar-refractivity contribution in [3.8, 4) is 0 Å². The van der Waals surface area contributed by atoms with Crippen LogP contribution in [0.15, 0.2) is 15.7 Å². The molecule has 1 fully saturated rings. The van der Waals surface area contributed by atoms with E-state index in [9.17, 15) is 24.3 Å². The van der Waals surface area contributed by atoms with Crippen molar-refractivity contribution >= 4 is 11.9 Å². The van der Waals surface area contributed by atoms with E-state index in [-0.39, 0.29) is 5.69 Å². The molecule has 124 valence electrons.